The summed E-state index contributed by atoms with van der Waals surface area (Å²) in [6.45, 7) is 7.34. The molecule has 1 rings (SSSR count). The van der Waals surface area contributed by atoms with Gasteiger partial charge in [-0.2, -0.15) is 0 Å². The van der Waals surface area contributed by atoms with Crippen molar-refractivity contribution in [2.45, 2.75) is 13.8 Å². The molecule has 5 heteroatoms. The average Bonchev–Trinajstić information content (AvgIpc) is 2.27. The van der Waals surface area contributed by atoms with E-state index in [-0.39, 0.29) is 5.88 Å². The summed E-state index contributed by atoms with van der Waals surface area (Å²) in [7, 11) is 0. The molecular formula is C11H16BrFN2O. The fourth-order valence-corrected chi connectivity index (χ4v) is 1.62. The molecule has 0 radical (unpaired) electrons. The van der Waals surface area contributed by atoms with Gasteiger partial charge in [0.15, 0.2) is 5.82 Å². The molecule has 1 aromatic rings. The Hall–Kier alpha value is -0.680. The largest absolute Gasteiger partial charge is 0.474 e. The number of pyridine rings is 1. The smallest absolute Gasteiger partial charge is 0.250 e. The number of rotatable bonds is 6. The van der Waals surface area contributed by atoms with Crippen molar-refractivity contribution in [2.75, 3.05) is 26.2 Å². The zero-order chi connectivity index (χ0) is 12.0. The van der Waals surface area contributed by atoms with E-state index >= 15 is 0 Å². The Labute approximate surface area is 104 Å². The zero-order valence-electron chi connectivity index (χ0n) is 9.54. The Bertz CT molecular complexity index is 332. The van der Waals surface area contributed by atoms with Crippen LogP contribution < -0.4 is 4.74 Å². The van der Waals surface area contributed by atoms with Crippen LogP contribution in [0, 0.1) is 5.82 Å². The van der Waals surface area contributed by atoms with Crippen molar-refractivity contribution >= 4 is 15.9 Å². The fraction of sp³-hybridized carbons (Fsp3) is 0.545. The summed E-state index contributed by atoms with van der Waals surface area (Å²) >= 11 is 3.14. The second-order valence-electron chi connectivity index (χ2n) is 3.32. The predicted octanol–water partition coefficient (Wildman–Crippen LogP) is 2.70. The second kappa shape index (κ2) is 6.81. The maximum Gasteiger partial charge on any atom is 0.250 e. The Balaban J connectivity index is 2.42. The first kappa shape index (κ1) is 13.4. The normalized spacial score (nSPS) is 10.8. The first-order valence-electron chi connectivity index (χ1n) is 5.33. The molecule has 0 fully saturated rings. The molecule has 0 amide bonds. The van der Waals surface area contributed by atoms with Crippen LogP contribution in [-0.4, -0.2) is 36.1 Å². The summed E-state index contributed by atoms with van der Waals surface area (Å²) in [6, 6.07) is 1.35. The maximum absolute atomic E-state index is 13.3. The highest BCUT2D eigenvalue weighted by Gasteiger charge is 2.06. The molecule has 0 atom stereocenters. The van der Waals surface area contributed by atoms with Crippen LogP contribution in [0.2, 0.25) is 0 Å². The van der Waals surface area contributed by atoms with Gasteiger partial charge in [0.25, 0.3) is 0 Å². The predicted molar refractivity (Wildman–Crippen MR) is 65.2 cm³/mol. The van der Waals surface area contributed by atoms with E-state index in [9.17, 15) is 4.39 Å². The molecular weight excluding hydrogens is 275 g/mol. The topological polar surface area (TPSA) is 25.4 Å². The number of halogens is 2. The highest BCUT2D eigenvalue weighted by atomic mass is 79.9. The van der Waals surface area contributed by atoms with Crippen LogP contribution in [0.3, 0.4) is 0 Å². The summed E-state index contributed by atoms with van der Waals surface area (Å²) in [6.07, 6.45) is 1.52. The third-order valence-corrected chi connectivity index (χ3v) is 2.75. The number of hydrogen-bond donors (Lipinski definition) is 0. The Morgan fingerprint density at radius 2 is 2.12 bits per heavy atom. The van der Waals surface area contributed by atoms with Gasteiger partial charge in [0.2, 0.25) is 5.88 Å². The molecule has 0 N–H and O–H groups in total. The van der Waals surface area contributed by atoms with Gasteiger partial charge in [-0.1, -0.05) is 13.8 Å². The lowest BCUT2D eigenvalue weighted by atomic mass is 10.4. The van der Waals surface area contributed by atoms with Crippen LogP contribution in [0.25, 0.3) is 0 Å². The quantitative estimate of drug-likeness (QED) is 0.806. The van der Waals surface area contributed by atoms with E-state index < -0.39 is 5.82 Å². The molecule has 3 nitrogen and oxygen atoms in total. The summed E-state index contributed by atoms with van der Waals surface area (Å²) in [5.41, 5.74) is 0. The molecule has 0 bridgehead atoms. The fourth-order valence-electron chi connectivity index (χ4n) is 1.32. The van der Waals surface area contributed by atoms with Gasteiger partial charge >= 0.3 is 0 Å². The Morgan fingerprint density at radius 1 is 1.44 bits per heavy atom. The molecule has 0 aliphatic rings. The summed E-state index contributed by atoms with van der Waals surface area (Å²) < 4.78 is 19.2. The van der Waals surface area contributed by atoms with Crippen molar-refractivity contribution < 1.29 is 9.13 Å². The minimum atomic E-state index is -0.436. The van der Waals surface area contributed by atoms with Gasteiger partial charge < -0.3 is 9.64 Å². The van der Waals surface area contributed by atoms with Crippen LogP contribution in [0.1, 0.15) is 13.8 Å². The standard InChI is InChI=1S/C11H16BrFN2O/c1-3-15(4-2)5-6-16-11-10(13)7-9(12)8-14-11/h7-8H,3-6H2,1-2H3. The number of likely N-dealkylation sites (N-methyl/N-ethyl adjacent to an activating group) is 1. The van der Waals surface area contributed by atoms with E-state index in [0.717, 1.165) is 19.6 Å². The molecule has 0 saturated carbocycles. The second-order valence-corrected chi connectivity index (χ2v) is 4.23. The van der Waals surface area contributed by atoms with Crippen molar-refractivity contribution in [1.82, 2.24) is 9.88 Å². The summed E-state index contributed by atoms with van der Waals surface area (Å²) in [5.74, 6) is -0.371. The third-order valence-electron chi connectivity index (χ3n) is 2.31. The van der Waals surface area contributed by atoms with Crippen molar-refractivity contribution in [2.24, 2.45) is 0 Å². The van der Waals surface area contributed by atoms with Gasteiger partial charge in [-0.15, -0.1) is 0 Å². The molecule has 0 aromatic carbocycles. The molecule has 16 heavy (non-hydrogen) atoms. The van der Waals surface area contributed by atoms with Crippen molar-refractivity contribution in [1.29, 1.82) is 0 Å². The van der Waals surface area contributed by atoms with Gasteiger partial charge in [0.05, 0.1) is 0 Å². The van der Waals surface area contributed by atoms with Crippen LogP contribution in [0.15, 0.2) is 16.7 Å². The minimum absolute atomic E-state index is 0.0651. The first-order chi connectivity index (χ1) is 7.67. The molecule has 0 aliphatic heterocycles. The van der Waals surface area contributed by atoms with E-state index in [2.05, 4.69) is 39.7 Å². The molecule has 0 spiro atoms. The maximum atomic E-state index is 13.3. The molecule has 0 saturated heterocycles. The monoisotopic (exact) mass is 290 g/mol. The van der Waals surface area contributed by atoms with Crippen molar-refractivity contribution in [3.8, 4) is 5.88 Å². The molecule has 0 aliphatic carbocycles. The molecule has 1 aromatic heterocycles. The van der Waals surface area contributed by atoms with Crippen molar-refractivity contribution in [3.05, 3.63) is 22.6 Å². The average molecular weight is 291 g/mol. The van der Waals surface area contributed by atoms with Crippen molar-refractivity contribution in [3.63, 3.8) is 0 Å². The van der Waals surface area contributed by atoms with Crippen LogP contribution >= 0.6 is 15.9 Å². The summed E-state index contributed by atoms with van der Waals surface area (Å²) in [4.78, 5) is 6.07. The Morgan fingerprint density at radius 3 is 2.69 bits per heavy atom. The highest BCUT2D eigenvalue weighted by Crippen LogP contribution is 2.17. The van der Waals surface area contributed by atoms with E-state index in [1.165, 1.54) is 12.3 Å². The summed E-state index contributed by atoms with van der Waals surface area (Å²) in [5, 5.41) is 0. The van der Waals surface area contributed by atoms with Gasteiger partial charge in [-0.25, -0.2) is 9.37 Å². The minimum Gasteiger partial charge on any atom is -0.474 e. The lowest BCUT2D eigenvalue weighted by Gasteiger charge is -2.17. The lowest BCUT2D eigenvalue weighted by molar-refractivity contribution is 0.211. The van der Waals surface area contributed by atoms with Gasteiger partial charge in [0, 0.05) is 17.2 Å². The van der Waals surface area contributed by atoms with Crippen LogP contribution in [0.5, 0.6) is 5.88 Å². The highest BCUT2D eigenvalue weighted by molar-refractivity contribution is 9.10. The van der Waals surface area contributed by atoms with Gasteiger partial charge in [-0.3, -0.25) is 0 Å². The number of hydrogen-bond acceptors (Lipinski definition) is 3. The molecule has 0 unspecified atom stereocenters. The number of nitrogens with zero attached hydrogens (tertiary/aromatic N) is 2. The van der Waals surface area contributed by atoms with Gasteiger partial charge in [0.1, 0.15) is 6.61 Å². The zero-order valence-corrected chi connectivity index (χ0v) is 11.1. The number of aromatic nitrogens is 1. The van der Waals surface area contributed by atoms with E-state index in [0.29, 0.717) is 11.1 Å². The SMILES string of the molecule is CCN(CC)CCOc1ncc(Br)cc1F. The van der Waals surface area contributed by atoms with E-state index in [1.54, 1.807) is 0 Å². The van der Waals surface area contributed by atoms with E-state index in [4.69, 9.17) is 4.74 Å². The van der Waals surface area contributed by atoms with E-state index in [1.807, 2.05) is 0 Å². The van der Waals surface area contributed by atoms with Crippen LogP contribution in [0.4, 0.5) is 4.39 Å². The molecule has 1 heterocycles. The number of ether oxygens (including phenoxy) is 1. The van der Waals surface area contributed by atoms with Crippen LogP contribution in [-0.2, 0) is 0 Å². The first-order valence-corrected chi connectivity index (χ1v) is 6.12. The Kier molecular flexibility index (Phi) is 5.69. The third kappa shape index (κ3) is 4.06. The van der Waals surface area contributed by atoms with Gasteiger partial charge in [-0.05, 0) is 35.1 Å². The lowest BCUT2D eigenvalue weighted by Crippen LogP contribution is -2.28. The molecule has 90 valence electrons.